The monoisotopic (exact) mass is 647 g/mol. The molecule has 14 heteroatoms. The SMILES string of the molecule is O=C(c1ccc(S(=O)(=O)N2CCCCCC2)cc1)N(/N=C/c1ccc([N+](=O)[O-])s1)c1nc2ccc(Br)cc2s1. The molecule has 0 unspecified atom stereocenters. The molecular formula is C25H22BrN5O5S3. The summed E-state index contributed by atoms with van der Waals surface area (Å²) < 4.78 is 29.5. The van der Waals surface area contributed by atoms with Crippen LogP contribution in [0.5, 0.6) is 0 Å². The zero-order valence-electron chi connectivity index (χ0n) is 20.4. The number of rotatable bonds is 7. The van der Waals surface area contributed by atoms with Crippen LogP contribution in [-0.2, 0) is 10.0 Å². The van der Waals surface area contributed by atoms with Gasteiger partial charge in [0.15, 0.2) is 0 Å². The summed E-state index contributed by atoms with van der Waals surface area (Å²) in [5, 5.41) is 16.8. The molecule has 1 aliphatic rings. The smallest absolute Gasteiger partial charge is 0.267 e. The molecule has 1 fully saturated rings. The van der Waals surface area contributed by atoms with Crippen LogP contribution in [-0.4, -0.2) is 47.8 Å². The van der Waals surface area contributed by atoms with Gasteiger partial charge in [-0.2, -0.15) is 14.4 Å². The van der Waals surface area contributed by atoms with Gasteiger partial charge in [0.05, 0.1) is 31.1 Å². The number of thiazole rings is 1. The number of benzene rings is 2. The zero-order valence-corrected chi connectivity index (χ0v) is 24.4. The summed E-state index contributed by atoms with van der Waals surface area (Å²) in [6.07, 6.45) is 5.05. The van der Waals surface area contributed by atoms with Crippen molar-refractivity contribution in [1.29, 1.82) is 0 Å². The van der Waals surface area contributed by atoms with E-state index in [4.69, 9.17) is 0 Å². The van der Waals surface area contributed by atoms with Crippen molar-refractivity contribution < 1.29 is 18.1 Å². The van der Waals surface area contributed by atoms with Gasteiger partial charge in [-0.15, -0.1) is 0 Å². The van der Waals surface area contributed by atoms with Crippen LogP contribution in [0.1, 0.15) is 40.9 Å². The van der Waals surface area contributed by atoms with E-state index >= 15 is 0 Å². The minimum absolute atomic E-state index is 0.0413. The molecule has 2 aromatic heterocycles. The topological polar surface area (TPSA) is 126 Å². The Balaban J connectivity index is 1.46. The average Bonchev–Trinajstić information content (AvgIpc) is 3.47. The van der Waals surface area contributed by atoms with Crippen LogP contribution in [0.4, 0.5) is 10.1 Å². The lowest BCUT2D eigenvalue weighted by atomic mass is 10.2. The molecule has 3 heterocycles. The molecule has 2 aromatic carbocycles. The molecule has 0 spiro atoms. The number of nitro groups is 1. The van der Waals surface area contributed by atoms with E-state index < -0.39 is 20.9 Å². The number of thiophene rings is 1. The van der Waals surface area contributed by atoms with Gasteiger partial charge in [0.25, 0.3) is 5.91 Å². The number of carbonyl (C=O) groups excluding carboxylic acids is 1. The molecule has 1 saturated heterocycles. The molecule has 0 bridgehead atoms. The molecule has 4 aromatic rings. The lowest BCUT2D eigenvalue weighted by Gasteiger charge is -2.20. The fourth-order valence-corrected chi connectivity index (χ4v) is 7.79. The summed E-state index contributed by atoms with van der Waals surface area (Å²) in [6.45, 7) is 0.972. The lowest BCUT2D eigenvalue weighted by Crippen LogP contribution is -2.32. The number of sulfonamides is 1. The molecule has 5 rings (SSSR count). The highest BCUT2D eigenvalue weighted by molar-refractivity contribution is 9.10. The highest BCUT2D eigenvalue weighted by atomic mass is 79.9. The van der Waals surface area contributed by atoms with Crippen LogP contribution in [0.2, 0.25) is 0 Å². The number of hydrazone groups is 1. The van der Waals surface area contributed by atoms with Crippen molar-refractivity contribution in [3.05, 3.63) is 79.6 Å². The first-order valence-corrected chi connectivity index (χ1v) is 15.9. The predicted molar refractivity (Wildman–Crippen MR) is 156 cm³/mol. The summed E-state index contributed by atoms with van der Waals surface area (Å²) in [7, 11) is -3.66. The molecule has 1 aliphatic heterocycles. The molecule has 0 N–H and O–H groups in total. The molecule has 0 atom stereocenters. The zero-order chi connectivity index (χ0) is 27.6. The van der Waals surface area contributed by atoms with Crippen molar-refractivity contribution in [1.82, 2.24) is 9.29 Å². The maximum Gasteiger partial charge on any atom is 0.324 e. The molecule has 202 valence electrons. The summed E-state index contributed by atoms with van der Waals surface area (Å²) in [6, 6.07) is 14.3. The Kier molecular flexibility index (Phi) is 8.19. The van der Waals surface area contributed by atoms with Crippen molar-refractivity contribution in [3.63, 3.8) is 0 Å². The highest BCUT2D eigenvalue weighted by Crippen LogP contribution is 2.32. The van der Waals surface area contributed by atoms with Gasteiger partial charge in [-0.3, -0.25) is 14.9 Å². The van der Waals surface area contributed by atoms with Gasteiger partial charge < -0.3 is 0 Å². The van der Waals surface area contributed by atoms with Crippen molar-refractivity contribution in [2.24, 2.45) is 5.10 Å². The van der Waals surface area contributed by atoms with Gasteiger partial charge in [0.2, 0.25) is 15.2 Å². The van der Waals surface area contributed by atoms with Gasteiger partial charge >= 0.3 is 5.00 Å². The average molecular weight is 649 g/mol. The van der Waals surface area contributed by atoms with Crippen molar-refractivity contribution in [3.8, 4) is 0 Å². The molecule has 39 heavy (non-hydrogen) atoms. The van der Waals surface area contributed by atoms with E-state index in [-0.39, 0.29) is 15.5 Å². The third kappa shape index (κ3) is 6.09. The fraction of sp³-hybridized carbons (Fsp3) is 0.240. The highest BCUT2D eigenvalue weighted by Gasteiger charge is 2.26. The Morgan fingerprint density at radius 3 is 2.44 bits per heavy atom. The van der Waals surface area contributed by atoms with Gasteiger partial charge in [-0.05, 0) is 61.4 Å². The first kappa shape index (κ1) is 27.5. The van der Waals surface area contributed by atoms with E-state index in [0.717, 1.165) is 51.2 Å². The summed E-state index contributed by atoms with van der Waals surface area (Å²) >= 11 is 5.63. The Bertz CT molecular complexity index is 1660. The molecule has 0 aliphatic carbocycles. The van der Waals surface area contributed by atoms with Gasteiger partial charge in [-0.1, -0.05) is 51.4 Å². The summed E-state index contributed by atoms with van der Waals surface area (Å²) in [5.41, 5.74) is 0.899. The second-order valence-corrected chi connectivity index (χ2v) is 13.7. The second-order valence-electron chi connectivity index (χ2n) is 8.75. The van der Waals surface area contributed by atoms with E-state index in [9.17, 15) is 23.3 Å². The van der Waals surface area contributed by atoms with Crippen molar-refractivity contribution in [2.75, 3.05) is 18.1 Å². The first-order chi connectivity index (χ1) is 18.7. The Hall–Kier alpha value is -3.04. The summed E-state index contributed by atoms with van der Waals surface area (Å²) in [4.78, 5) is 29.4. The number of hydrogen-bond donors (Lipinski definition) is 0. The van der Waals surface area contributed by atoms with Crippen LogP contribution in [0.3, 0.4) is 0 Å². The Labute approximate surface area is 240 Å². The standard InChI is InChI=1S/C25H22BrN5O5S3/c26-18-7-11-21-22(15-18)38-25(28-21)30(27-16-19-8-12-23(37-19)31(33)34)24(32)17-5-9-20(10-6-17)39(35,36)29-13-3-1-2-4-14-29/h5-12,15-16H,1-4,13-14H2/b27-16+. The van der Waals surface area contributed by atoms with Gasteiger partial charge in [-0.25, -0.2) is 13.4 Å². The maximum atomic E-state index is 13.6. The number of aromatic nitrogens is 1. The number of halogens is 1. The van der Waals surface area contributed by atoms with Crippen molar-refractivity contribution in [2.45, 2.75) is 30.6 Å². The van der Waals surface area contributed by atoms with E-state index in [1.54, 1.807) is 6.07 Å². The Morgan fingerprint density at radius 2 is 1.77 bits per heavy atom. The van der Waals surface area contributed by atoms with Crippen LogP contribution in [0.15, 0.2) is 69.1 Å². The van der Waals surface area contributed by atoms with E-state index in [1.165, 1.54) is 52.2 Å². The second kappa shape index (κ2) is 11.6. The largest absolute Gasteiger partial charge is 0.324 e. The third-order valence-electron chi connectivity index (χ3n) is 6.11. The van der Waals surface area contributed by atoms with Crippen LogP contribution < -0.4 is 5.01 Å². The van der Waals surface area contributed by atoms with Gasteiger partial charge in [0.1, 0.15) is 0 Å². The number of nitrogens with zero attached hydrogens (tertiary/aromatic N) is 5. The molecule has 10 nitrogen and oxygen atoms in total. The van der Waals surface area contributed by atoms with Crippen LogP contribution in [0, 0.1) is 10.1 Å². The fourth-order valence-electron chi connectivity index (χ4n) is 4.11. The minimum atomic E-state index is -3.66. The van der Waals surface area contributed by atoms with Crippen molar-refractivity contribution >= 4 is 81.1 Å². The van der Waals surface area contributed by atoms with E-state index in [2.05, 4.69) is 26.0 Å². The quantitative estimate of drug-likeness (QED) is 0.132. The number of hydrogen-bond acceptors (Lipinski definition) is 9. The molecular weight excluding hydrogens is 626 g/mol. The number of amides is 1. The molecule has 0 radical (unpaired) electrons. The number of anilines is 1. The molecule has 0 saturated carbocycles. The van der Waals surface area contributed by atoms with Gasteiger partial charge in [0, 0.05) is 29.2 Å². The van der Waals surface area contributed by atoms with Crippen LogP contribution >= 0.6 is 38.6 Å². The maximum absolute atomic E-state index is 13.6. The van der Waals surface area contributed by atoms with E-state index in [1.807, 2.05) is 18.2 Å². The molecule has 1 amide bonds. The minimum Gasteiger partial charge on any atom is -0.267 e. The lowest BCUT2D eigenvalue weighted by molar-refractivity contribution is -0.380. The Morgan fingerprint density at radius 1 is 1.05 bits per heavy atom. The number of carbonyl (C=O) groups is 1. The van der Waals surface area contributed by atoms with E-state index in [0.29, 0.717) is 28.6 Å². The normalized spacial score (nSPS) is 15.0. The summed E-state index contributed by atoms with van der Waals surface area (Å²) in [5.74, 6) is -0.519. The number of fused-ring (bicyclic) bond motifs is 1. The van der Waals surface area contributed by atoms with Crippen LogP contribution in [0.25, 0.3) is 10.2 Å². The predicted octanol–water partition coefficient (Wildman–Crippen LogP) is 6.27. The first-order valence-electron chi connectivity index (χ1n) is 12.0. The third-order valence-corrected chi connectivity index (χ3v) is 10.5.